The van der Waals surface area contributed by atoms with Crippen molar-refractivity contribution in [3.63, 3.8) is 0 Å². The average molecular weight is 172 g/mol. The first-order valence-electron chi connectivity index (χ1n) is 3.73. The van der Waals surface area contributed by atoms with Gasteiger partial charge in [-0.15, -0.1) is 0 Å². The Morgan fingerprint density at radius 1 is 1.67 bits per heavy atom. The highest BCUT2D eigenvalue weighted by molar-refractivity contribution is 5.18. The lowest BCUT2D eigenvalue weighted by molar-refractivity contribution is -0.825. The van der Waals surface area contributed by atoms with E-state index in [0.29, 0.717) is 12.2 Å². The molecule has 5 heteroatoms. The lowest BCUT2D eigenvalue weighted by Crippen LogP contribution is -2.73. The van der Waals surface area contributed by atoms with Gasteiger partial charge < -0.3 is 5.11 Å². The fraction of sp³-hybridized carbons (Fsp3) is 0.571. The smallest absolute Gasteiger partial charge is 0.200 e. The Labute approximate surface area is 70.6 Å². The Morgan fingerprint density at radius 2 is 2.33 bits per heavy atom. The molecule has 5 nitrogen and oxygen atoms in total. The van der Waals surface area contributed by atoms with Crippen LogP contribution in [0.15, 0.2) is 12.4 Å². The summed E-state index contributed by atoms with van der Waals surface area (Å²) in [6.45, 7) is 3.83. The van der Waals surface area contributed by atoms with Gasteiger partial charge in [0.05, 0.1) is 18.3 Å². The Morgan fingerprint density at radius 3 is 2.75 bits per heavy atom. The fourth-order valence-electron chi connectivity index (χ4n) is 0.929. The Kier molecular flexibility index (Phi) is 2.46. The van der Waals surface area contributed by atoms with Crippen molar-refractivity contribution in [2.75, 3.05) is 0 Å². The largest absolute Gasteiger partial charge is 0.389 e. The molecule has 1 aromatic heterocycles. The molecule has 0 amide bonds. The standard InChI is InChI=1S/C7H13N3O2/c1-7(2,11)5-10-4-6(9-12)3-8-10/h3-4,9,11-12H,5H2,1-2H3/p+1. The van der Waals surface area contributed by atoms with Crippen LogP contribution in [0.1, 0.15) is 13.8 Å². The van der Waals surface area contributed by atoms with Gasteiger partial charge in [0.2, 0.25) is 0 Å². The number of nitrogens with two attached hydrogens (primary N) is 1. The molecule has 0 aliphatic rings. The van der Waals surface area contributed by atoms with Crippen molar-refractivity contribution in [2.24, 2.45) is 0 Å². The van der Waals surface area contributed by atoms with Crippen LogP contribution < -0.4 is 5.48 Å². The second-order valence-electron chi connectivity index (χ2n) is 3.41. The number of hydrogen-bond donors (Lipinski definition) is 3. The molecule has 0 saturated heterocycles. The molecule has 0 aliphatic heterocycles. The second kappa shape index (κ2) is 3.22. The summed E-state index contributed by atoms with van der Waals surface area (Å²) < 4.78 is 1.59. The van der Waals surface area contributed by atoms with Crippen LogP contribution in [0.5, 0.6) is 0 Å². The molecule has 12 heavy (non-hydrogen) atoms. The monoisotopic (exact) mass is 172 g/mol. The molecular formula is C7H14N3O2+. The first-order chi connectivity index (χ1) is 5.51. The molecule has 1 heterocycles. The zero-order chi connectivity index (χ0) is 9.19. The van der Waals surface area contributed by atoms with Crippen LogP contribution >= 0.6 is 0 Å². The molecule has 0 bridgehead atoms. The van der Waals surface area contributed by atoms with E-state index in [4.69, 9.17) is 5.21 Å². The fourth-order valence-corrected chi connectivity index (χ4v) is 0.929. The Bertz CT molecular complexity index is 251. The molecule has 0 atom stereocenters. The highest BCUT2D eigenvalue weighted by atomic mass is 16.5. The van der Waals surface area contributed by atoms with Crippen molar-refractivity contribution < 1.29 is 15.8 Å². The molecule has 1 rings (SSSR count). The van der Waals surface area contributed by atoms with E-state index in [9.17, 15) is 5.11 Å². The topological polar surface area (TPSA) is 74.9 Å². The van der Waals surface area contributed by atoms with Gasteiger partial charge in [-0.25, -0.2) is 5.21 Å². The average Bonchev–Trinajstić information content (AvgIpc) is 2.32. The maximum atomic E-state index is 9.42. The van der Waals surface area contributed by atoms with Crippen molar-refractivity contribution in [1.82, 2.24) is 9.78 Å². The third-order valence-corrected chi connectivity index (χ3v) is 1.35. The van der Waals surface area contributed by atoms with Gasteiger partial charge in [0, 0.05) is 0 Å². The number of nitrogens with zero attached hydrogens (tertiary/aromatic N) is 2. The van der Waals surface area contributed by atoms with Gasteiger partial charge in [-0.05, 0) is 13.8 Å². The molecule has 1 aromatic rings. The van der Waals surface area contributed by atoms with Crippen LogP contribution in [0.3, 0.4) is 0 Å². The third-order valence-electron chi connectivity index (χ3n) is 1.35. The van der Waals surface area contributed by atoms with Gasteiger partial charge in [-0.3, -0.25) is 4.68 Å². The maximum Gasteiger partial charge on any atom is 0.200 e. The number of aromatic nitrogens is 2. The van der Waals surface area contributed by atoms with E-state index in [-0.39, 0.29) is 0 Å². The first kappa shape index (κ1) is 9.18. The second-order valence-corrected chi connectivity index (χ2v) is 3.41. The minimum Gasteiger partial charge on any atom is -0.389 e. The maximum absolute atomic E-state index is 9.42. The summed E-state index contributed by atoms with van der Waals surface area (Å²) in [7, 11) is 0. The highest BCUT2D eigenvalue weighted by Gasteiger charge is 2.14. The van der Waals surface area contributed by atoms with Gasteiger partial charge in [-0.1, -0.05) is 0 Å². The molecule has 0 saturated carbocycles. The molecule has 4 N–H and O–H groups in total. The zero-order valence-electron chi connectivity index (χ0n) is 7.23. The van der Waals surface area contributed by atoms with Crippen LogP contribution in [0.25, 0.3) is 0 Å². The van der Waals surface area contributed by atoms with Crippen LogP contribution in [-0.2, 0) is 6.54 Å². The lowest BCUT2D eigenvalue weighted by atomic mass is 10.1. The van der Waals surface area contributed by atoms with Crippen LogP contribution in [0.2, 0.25) is 0 Å². The van der Waals surface area contributed by atoms with E-state index in [0.717, 1.165) is 5.48 Å². The summed E-state index contributed by atoms with van der Waals surface area (Å²) in [4.78, 5) is 0. The van der Waals surface area contributed by atoms with Crippen LogP contribution in [-0.4, -0.2) is 25.7 Å². The summed E-state index contributed by atoms with van der Waals surface area (Å²) in [6, 6.07) is 0. The van der Waals surface area contributed by atoms with E-state index >= 15 is 0 Å². The molecule has 0 aliphatic carbocycles. The Balaban J connectivity index is 2.64. The Hall–Kier alpha value is -0.910. The summed E-state index contributed by atoms with van der Waals surface area (Å²) in [5.74, 6) is 0. The minimum atomic E-state index is -0.779. The van der Waals surface area contributed by atoms with Crippen molar-refractivity contribution in [2.45, 2.75) is 26.0 Å². The summed E-state index contributed by atoms with van der Waals surface area (Å²) in [6.07, 6.45) is 3.20. The van der Waals surface area contributed by atoms with E-state index < -0.39 is 5.60 Å². The molecular weight excluding hydrogens is 158 g/mol. The molecule has 68 valence electrons. The normalized spacial score (nSPS) is 12.0. The first-order valence-corrected chi connectivity index (χ1v) is 3.73. The lowest BCUT2D eigenvalue weighted by Gasteiger charge is -2.15. The summed E-state index contributed by atoms with van der Waals surface area (Å²) in [5, 5.41) is 22.0. The third kappa shape index (κ3) is 2.61. The number of rotatable bonds is 3. The quantitative estimate of drug-likeness (QED) is 0.524. The number of aliphatic hydroxyl groups is 1. The zero-order valence-corrected chi connectivity index (χ0v) is 7.23. The van der Waals surface area contributed by atoms with Gasteiger partial charge in [0.15, 0.2) is 5.69 Å². The van der Waals surface area contributed by atoms with E-state index in [2.05, 4.69) is 5.10 Å². The van der Waals surface area contributed by atoms with Gasteiger partial charge in [-0.2, -0.15) is 10.6 Å². The van der Waals surface area contributed by atoms with E-state index in [1.54, 1.807) is 24.7 Å². The van der Waals surface area contributed by atoms with Crippen LogP contribution in [0.4, 0.5) is 5.69 Å². The predicted molar refractivity (Wildman–Crippen MR) is 41.9 cm³/mol. The van der Waals surface area contributed by atoms with Crippen molar-refractivity contribution in [3.8, 4) is 0 Å². The minimum absolute atomic E-state index is 0.418. The number of hydrogen-bond acceptors (Lipinski definition) is 3. The summed E-state index contributed by atoms with van der Waals surface area (Å²) in [5.41, 5.74) is 0.839. The van der Waals surface area contributed by atoms with E-state index in [1.807, 2.05) is 0 Å². The van der Waals surface area contributed by atoms with Crippen molar-refractivity contribution in [3.05, 3.63) is 12.4 Å². The molecule has 0 fully saturated rings. The number of quaternary nitrogens is 1. The summed E-state index contributed by atoms with van der Waals surface area (Å²) >= 11 is 0. The molecule has 0 spiro atoms. The van der Waals surface area contributed by atoms with Crippen LogP contribution in [0, 0.1) is 0 Å². The van der Waals surface area contributed by atoms with Gasteiger partial charge in [0.1, 0.15) is 6.20 Å². The van der Waals surface area contributed by atoms with Crippen molar-refractivity contribution >= 4 is 5.69 Å². The molecule has 0 radical (unpaired) electrons. The predicted octanol–water partition coefficient (Wildman–Crippen LogP) is -0.762. The molecule has 0 aromatic carbocycles. The van der Waals surface area contributed by atoms with Gasteiger partial charge >= 0.3 is 0 Å². The van der Waals surface area contributed by atoms with Crippen molar-refractivity contribution in [1.29, 1.82) is 0 Å². The van der Waals surface area contributed by atoms with Gasteiger partial charge in [0.25, 0.3) is 0 Å². The van der Waals surface area contributed by atoms with E-state index in [1.165, 1.54) is 6.20 Å². The SMILES string of the molecule is CC(C)(O)Cn1cc([NH2+]O)cn1. The molecule has 0 unspecified atom stereocenters. The highest BCUT2D eigenvalue weighted by Crippen LogP contribution is 2.05.